The molecule has 0 spiro atoms. The maximum absolute atomic E-state index is 11.6. The lowest BCUT2D eigenvalue weighted by atomic mass is 10.1. The number of rotatable bonds is 12. The van der Waals surface area contributed by atoms with E-state index in [9.17, 15) is 4.79 Å². The van der Waals surface area contributed by atoms with Crippen molar-refractivity contribution in [2.45, 2.75) is 58.3 Å². The quantitative estimate of drug-likeness (QED) is 0.551. The molecule has 4 heteroatoms. The highest BCUT2D eigenvalue weighted by Crippen LogP contribution is 2.15. The topological polar surface area (TPSA) is 38.3 Å². The molecule has 0 atom stereocenters. The Bertz CT molecular complexity index is 406. The van der Waals surface area contributed by atoms with Crippen LogP contribution in [0.4, 0.5) is 0 Å². The van der Waals surface area contributed by atoms with Crippen LogP contribution in [0.3, 0.4) is 0 Å². The van der Waals surface area contributed by atoms with E-state index in [1.165, 1.54) is 25.7 Å². The first kappa shape index (κ1) is 18.8. The van der Waals surface area contributed by atoms with Crippen LogP contribution in [-0.2, 0) is 4.79 Å². The van der Waals surface area contributed by atoms with Gasteiger partial charge in [0.15, 0.2) is 0 Å². The molecule has 1 aromatic carbocycles. The van der Waals surface area contributed by atoms with E-state index < -0.39 is 0 Å². The van der Waals surface area contributed by atoms with Crippen molar-refractivity contribution in [1.82, 2.24) is 5.32 Å². The van der Waals surface area contributed by atoms with Crippen LogP contribution in [-0.4, -0.2) is 19.1 Å². The lowest BCUT2D eigenvalue weighted by Gasteiger charge is -2.07. The van der Waals surface area contributed by atoms with Crippen LogP contribution in [0.5, 0.6) is 5.75 Å². The van der Waals surface area contributed by atoms with Crippen LogP contribution in [0.15, 0.2) is 24.3 Å². The summed E-state index contributed by atoms with van der Waals surface area (Å²) in [6.45, 7) is 3.48. The Morgan fingerprint density at radius 2 is 1.73 bits per heavy atom. The van der Waals surface area contributed by atoms with E-state index in [0.29, 0.717) is 24.6 Å². The number of benzene rings is 1. The Balaban J connectivity index is 1.93. The summed E-state index contributed by atoms with van der Waals surface area (Å²) in [5.74, 6) is 0.963. The molecule has 22 heavy (non-hydrogen) atoms. The van der Waals surface area contributed by atoms with Crippen LogP contribution in [0.2, 0.25) is 5.02 Å². The van der Waals surface area contributed by atoms with Gasteiger partial charge in [0, 0.05) is 18.0 Å². The summed E-state index contributed by atoms with van der Waals surface area (Å²) in [5, 5.41) is 3.64. The van der Waals surface area contributed by atoms with Crippen LogP contribution >= 0.6 is 11.6 Å². The van der Waals surface area contributed by atoms with Gasteiger partial charge in [-0.25, -0.2) is 0 Å². The summed E-state index contributed by atoms with van der Waals surface area (Å²) in [6, 6.07) is 7.30. The average molecular weight is 326 g/mol. The molecule has 0 saturated carbocycles. The smallest absolute Gasteiger partial charge is 0.219 e. The van der Waals surface area contributed by atoms with Gasteiger partial charge in [-0.1, -0.05) is 50.6 Å². The highest BCUT2D eigenvalue weighted by Gasteiger charge is 2.00. The van der Waals surface area contributed by atoms with E-state index in [4.69, 9.17) is 16.3 Å². The lowest BCUT2D eigenvalue weighted by molar-refractivity contribution is -0.121. The molecular formula is C18H28ClNO2. The Morgan fingerprint density at radius 1 is 1.05 bits per heavy atom. The number of amides is 1. The predicted octanol–water partition coefficient (Wildman–Crippen LogP) is 4.98. The third-order valence-corrected chi connectivity index (χ3v) is 3.74. The zero-order chi connectivity index (χ0) is 16.0. The van der Waals surface area contributed by atoms with Gasteiger partial charge in [-0.15, -0.1) is 0 Å². The van der Waals surface area contributed by atoms with Crippen molar-refractivity contribution in [1.29, 1.82) is 0 Å². The number of halogens is 1. The minimum absolute atomic E-state index is 0.155. The Hall–Kier alpha value is -1.22. The van der Waals surface area contributed by atoms with E-state index in [1.54, 1.807) is 12.1 Å². The molecule has 0 heterocycles. The lowest BCUT2D eigenvalue weighted by Crippen LogP contribution is -2.25. The summed E-state index contributed by atoms with van der Waals surface area (Å²) < 4.78 is 5.57. The van der Waals surface area contributed by atoms with Crippen molar-refractivity contribution in [2.24, 2.45) is 0 Å². The molecule has 1 rings (SSSR count). The monoisotopic (exact) mass is 325 g/mol. The summed E-state index contributed by atoms with van der Waals surface area (Å²) in [7, 11) is 0. The first-order valence-electron chi connectivity index (χ1n) is 8.37. The van der Waals surface area contributed by atoms with Gasteiger partial charge < -0.3 is 10.1 Å². The molecule has 0 radical (unpaired) electrons. The Labute approximate surface area is 139 Å². The molecule has 3 nitrogen and oxygen atoms in total. The second-order valence-electron chi connectivity index (χ2n) is 5.52. The summed E-state index contributed by atoms with van der Waals surface area (Å²) in [4.78, 5) is 11.6. The third kappa shape index (κ3) is 9.67. The van der Waals surface area contributed by atoms with Gasteiger partial charge in [-0.3, -0.25) is 4.79 Å². The Kier molecular flexibility index (Phi) is 10.6. The van der Waals surface area contributed by atoms with Gasteiger partial charge in [0.05, 0.1) is 6.61 Å². The second kappa shape index (κ2) is 12.3. The highest BCUT2D eigenvalue weighted by molar-refractivity contribution is 6.30. The molecule has 1 amide bonds. The van der Waals surface area contributed by atoms with E-state index >= 15 is 0 Å². The van der Waals surface area contributed by atoms with Crippen molar-refractivity contribution < 1.29 is 9.53 Å². The van der Waals surface area contributed by atoms with Crippen LogP contribution in [0.25, 0.3) is 0 Å². The number of hydrogen-bond acceptors (Lipinski definition) is 2. The molecule has 0 fully saturated rings. The highest BCUT2D eigenvalue weighted by atomic mass is 35.5. The largest absolute Gasteiger partial charge is 0.494 e. The second-order valence-corrected chi connectivity index (χ2v) is 5.96. The summed E-state index contributed by atoms with van der Waals surface area (Å²) in [6.07, 6.45) is 8.72. The van der Waals surface area contributed by atoms with Crippen molar-refractivity contribution in [2.75, 3.05) is 13.2 Å². The maximum atomic E-state index is 11.6. The van der Waals surface area contributed by atoms with Gasteiger partial charge in [-0.05, 0) is 37.1 Å². The van der Waals surface area contributed by atoms with Gasteiger partial charge in [0.25, 0.3) is 0 Å². The van der Waals surface area contributed by atoms with Gasteiger partial charge in [0.1, 0.15) is 5.75 Å². The van der Waals surface area contributed by atoms with Gasteiger partial charge in [-0.2, -0.15) is 0 Å². The fourth-order valence-electron chi connectivity index (χ4n) is 2.18. The van der Waals surface area contributed by atoms with Crippen molar-refractivity contribution in [3.05, 3.63) is 29.3 Å². The van der Waals surface area contributed by atoms with Crippen LogP contribution < -0.4 is 10.1 Å². The molecule has 0 bridgehead atoms. The van der Waals surface area contributed by atoms with Crippen LogP contribution in [0.1, 0.15) is 58.3 Å². The zero-order valence-electron chi connectivity index (χ0n) is 13.6. The van der Waals surface area contributed by atoms with E-state index in [-0.39, 0.29) is 5.91 Å². The minimum atomic E-state index is 0.155. The van der Waals surface area contributed by atoms with Gasteiger partial charge >= 0.3 is 0 Å². The molecule has 0 saturated heterocycles. The third-order valence-electron chi connectivity index (χ3n) is 3.48. The van der Waals surface area contributed by atoms with Gasteiger partial charge in [0.2, 0.25) is 5.91 Å². The number of nitrogens with one attached hydrogen (secondary N) is 1. The van der Waals surface area contributed by atoms with E-state index in [2.05, 4.69) is 12.2 Å². The molecule has 0 aliphatic heterocycles. The standard InChI is InChI=1S/C18H28ClNO2/c1-2-3-4-5-6-7-9-18(21)20-14-8-15-22-17-12-10-16(19)11-13-17/h10-13H,2-9,14-15H2,1H3,(H,20,21). The molecule has 124 valence electrons. The van der Waals surface area contributed by atoms with Crippen LogP contribution in [0, 0.1) is 0 Å². The van der Waals surface area contributed by atoms with Crippen molar-refractivity contribution in [3.8, 4) is 5.75 Å². The molecule has 1 N–H and O–H groups in total. The fourth-order valence-corrected chi connectivity index (χ4v) is 2.30. The fraction of sp³-hybridized carbons (Fsp3) is 0.611. The predicted molar refractivity (Wildman–Crippen MR) is 92.6 cm³/mol. The zero-order valence-corrected chi connectivity index (χ0v) is 14.3. The first-order chi connectivity index (χ1) is 10.7. The number of unbranched alkanes of at least 4 members (excludes halogenated alkanes) is 5. The van der Waals surface area contributed by atoms with Crippen molar-refractivity contribution in [3.63, 3.8) is 0 Å². The first-order valence-corrected chi connectivity index (χ1v) is 8.75. The molecule has 0 aliphatic rings. The van der Waals surface area contributed by atoms with E-state index in [0.717, 1.165) is 25.0 Å². The molecule has 0 aliphatic carbocycles. The number of hydrogen-bond donors (Lipinski definition) is 1. The Morgan fingerprint density at radius 3 is 2.45 bits per heavy atom. The molecule has 0 aromatic heterocycles. The molecule has 1 aromatic rings. The summed E-state index contributed by atoms with van der Waals surface area (Å²) in [5.41, 5.74) is 0. The number of carbonyl (C=O) groups excluding carboxylic acids is 1. The maximum Gasteiger partial charge on any atom is 0.219 e. The number of ether oxygens (including phenoxy) is 1. The average Bonchev–Trinajstić information content (AvgIpc) is 2.52. The van der Waals surface area contributed by atoms with Crippen molar-refractivity contribution >= 4 is 17.5 Å². The minimum Gasteiger partial charge on any atom is -0.494 e. The normalized spacial score (nSPS) is 10.5. The SMILES string of the molecule is CCCCCCCCC(=O)NCCCOc1ccc(Cl)cc1. The number of carbonyl (C=O) groups is 1. The summed E-state index contributed by atoms with van der Waals surface area (Å²) >= 11 is 5.80. The molecular weight excluding hydrogens is 298 g/mol. The molecule has 0 unspecified atom stereocenters. The van der Waals surface area contributed by atoms with E-state index in [1.807, 2.05) is 12.1 Å².